The van der Waals surface area contributed by atoms with Crippen molar-refractivity contribution < 1.29 is 4.74 Å². The summed E-state index contributed by atoms with van der Waals surface area (Å²) in [6.07, 6.45) is 4.62. The van der Waals surface area contributed by atoms with E-state index in [0.717, 1.165) is 30.8 Å². The zero-order valence-corrected chi connectivity index (χ0v) is 10.7. The molecule has 0 aromatic carbocycles. The maximum Gasteiger partial charge on any atom is 0.127 e. The van der Waals surface area contributed by atoms with Gasteiger partial charge in [-0.05, 0) is 32.9 Å². The van der Waals surface area contributed by atoms with Crippen molar-refractivity contribution in [3.05, 3.63) is 24.0 Å². The highest BCUT2D eigenvalue weighted by molar-refractivity contribution is 5.30. The van der Waals surface area contributed by atoms with E-state index in [-0.39, 0.29) is 5.60 Å². The Morgan fingerprint density at radius 1 is 1.38 bits per heavy atom. The number of pyridine rings is 1. The molecule has 1 heterocycles. The number of hydrogen-bond donors (Lipinski definition) is 1. The Labute approximate surface area is 98.2 Å². The molecule has 1 aromatic heterocycles. The summed E-state index contributed by atoms with van der Waals surface area (Å²) in [7, 11) is 0. The monoisotopic (exact) mass is 222 g/mol. The van der Waals surface area contributed by atoms with Gasteiger partial charge in [0.2, 0.25) is 0 Å². The van der Waals surface area contributed by atoms with E-state index in [2.05, 4.69) is 38.0 Å². The third-order valence-electron chi connectivity index (χ3n) is 2.66. The first kappa shape index (κ1) is 13.0. The molecule has 3 nitrogen and oxygen atoms in total. The number of nitrogens with zero attached hydrogens (tertiary/aromatic N) is 1. The van der Waals surface area contributed by atoms with Gasteiger partial charge in [-0.2, -0.15) is 0 Å². The number of aromatic nitrogens is 1. The number of nitrogens with one attached hydrogen (secondary N) is 1. The van der Waals surface area contributed by atoms with Gasteiger partial charge in [0.1, 0.15) is 11.4 Å². The molecule has 0 fully saturated rings. The van der Waals surface area contributed by atoms with Crippen LogP contribution in [-0.4, -0.2) is 17.1 Å². The van der Waals surface area contributed by atoms with Crippen LogP contribution in [0.3, 0.4) is 0 Å². The molecule has 0 amide bonds. The summed E-state index contributed by atoms with van der Waals surface area (Å²) in [5.41, 5.74) is 0.994. The lowest BCUT2D eigenvalue weighted by molar-refractivity contribution is 0.103. The molecule has 0 saturated heterocycles. The van der Waals surface area contributed by atoms with Crippen LogP contribution in [0, 0.1) is 0 Å². The highest BCUT2D eigenvalue weighted by Crippen LogP contribution is 2.23. The van der Waals surface area contributed by atoms with Crippen LogP contribution in [0.25, 0.3) is 0 Å². The lowest BCUT2D eigenvalue weighted by atomic mass is 10.1. The van der Waals surface area contributed by atoms with Gasteiger partial charge in [-0.3, -0.25) is 4.98 Å². The highest BCUT2D eigenvalue weighted by atomic mass is 16.5. The SMILES string of the molecule is CCNCc1cnccc1OC(C)(C)CC. The zero-order valence-electron chi connectivity index (χ0n) is 10.7. The lowest BCUT2D eigenvalue weighted by Gasteiger charge is -2.26. The first-order valence-electron chi connectivity index (χ1n) is 5.91. The second-order valence-electron chi connectivity index (χ2n) is 4.48. The van der Waals surface area contributed by atoms with Crippen LogP contribution in [0.1, 0.15) is 39.7 Å². The number of ether oxygens (including phenoxy) is 1. The second kappa shape index (κ2) is 5.85. The van der Waals surface area contributed by atoms with E-state index < -0.39 is 0 Å². The summed E-state index contributed by atoms with van der Waals surface area (Å²) in [6, 6.07) is 1.93. The van der Waals surface area contributed by atoms with E-state index in [1.54, 1.807) is 6.20 Å². The van der Waals surface area contributed by atoms with Crippen LogP contribution >= 0.6 is 0 Å². The molecule has 0 unspecified atom stereocenters. The number of hydrogen-bond acceptors (Lipinski definition) is 3. The summed E-state index contributed by atoms with van der Waals surface area (Å²) in [6.45, 7) is 10.2. The van der Waals surface area contributed by atoms with Gasteiger partial charge < -0.3 is 10.1 Å². The van der Waals surface area contributed by atoms with Gasteiger partial charge in [0.05, 0.1) is 0 Å². The standard InChI is InChI=1S/C13H22N2O/c1-5-13(3,4)16-12-7-8-15-10-11(12)9-14-6-2/h7-8,10,14H,5-6,9H2,1-4H3. The van der Waals surface area contributed by atoms with E-state index in [4.69, 9.17) is 4.74 Å². The minimum atomic E-state index is -0.123. The van der Waals surface area contributed by atoms with Crippen molar-refractivity contribution in [3.8, 4) is 5.75 Å². The van der Waals surface area contributed by atoms with Crippen molar-refractivity contribution in [2.75, 3.05) is 6.54 Å². The van der Waals surface area contributed by atoms with Crippen molar-refractivity contribution in [2.24, 2.45) is 0 Å². The molecule has 0 aliphatic carbocycles. The van der Waals surface area contributed by atoms with Crippen LogP contribution in [-0.2, 0) is 6.54 Å². The summed E-state index contributed by atoms with van der Waals surface area (Å²) in [5.74, 6) is 0.933. The van der Waals surface area contributed by atoms with Crippen LogP contribution in [0.5, 0.6) is 5.75 Å². The maximum absolute atomic E-state index is 6.00. The van der Waals surface area contributed by atoms with Crippen LogP contribution in [0.4, 0.5) is 0 Å². The first-order valence-corrected chi connectivity index (χ1v) is 5.91. The third-order valence-corrected chi connectivity index (χ3v) is 2.66. The Bertz CT molecular complexity index is 323. The van der Waals surface area contributed by atoms with Gasteiger partial charge in [0, 0.05) is 24.5 Å². The molecule has 90 valence electrons. The average Bonchev–Trinajstić information content (AvgIpc) is 2.27. The minimum absolute atomic E-state index is 0.123. The van der Waals surface area contributed by atoms with Crippen molar-refractivity contribution in [1.82, 2.24) is 10.3 Å². The van der Waals surface area contributed by atoms with Crippen LogP contribution in [0.2, 0.25) is 0 Å². The Kier molecular flexibility index (Phi) is 4.74. The fraction of sp³-hybridized carbons (Fsp3) is 0.615. The third kappa shape index (κ3) is 3.81. The molecule has 3 heteroatoms. The Morgan fingerprint density at radius 3 is 2.75 bits per heavy atom. The smallest absolute Gasteiger partial charge is 0.127 e. The van der Waals surface area contributed by atoms with Gasteiger partial charge in [-0.1, -0.05) is 13.8 Å². The Hall–Kier alpha value is -1.09. The summed E-state index contributed by atoms with van der Waals surface area (Å²) in [5, 5.41) is 3.29. The zero-order chi connectivity index (χ0) is 12.0. The average molecular weight is 222 g/mol. The molecule has 0 atom stereocenters. The van der Waals surface area contributed by atoms with Crippen molar-refractivity contribution in [2.45, 2.75) is 46.3 Å². The van der Waals surface area contributed by atoms with E-state index in [1.807, 2.05) is 12.3 Å². The second-order valence-corrected chi connectivity index (χ2v) is 4.48. The molecule has 1 rings (SSSR count). The van der Waals surface area contributed by atoms with Gasteiger partial charge in [0.15, 0.2) is 0 Å². The molecule has 16 heavy (non-hydrogen) atoms. The quantitative estimate of drug-likeness (QED) is 0.803. The molecular weight excluding hydrogens is 200 g/mol. The molecule has 0 spiro atoms. The molecule has 0 bridgehead atoms. The van der Waals surface area contributed by atoms with Crippen molar-refractivity contribution in [3.63, 3.8) is 0 Å². The molecule has 0 aliphatic rings. The molecule has 1 aromatic rings. The minimum Gasteiger partial charge on any atom is -0.487 e. The van der Waals surface area contributed by atoms with Crippen LogP contribution in [0.15, 0.2) is 18.5 Å². The normalized spacial score (nSPS) is 11.5. The lowest BCUT2D eigenvalue weighted by Crippen LogP contribution is -2.27. The highest BCUT2D eigenvalue weighted by Gasteiger charge is 2.18. The van der Waals surface area contributed by atoms with E-state index in [0.29, 0.717) is 0 Å². The van der Waals surface area contributed by atoms with Crippen LogP contribution < -0.4 is 10.1 Å². The van der Waals surface area contributed by atoms with E-state index in [9.17, 15) is 0 Å². The molecule has 0 saturated carbocycles. The van der Waals surface area contributed by atoms with Crippen molar-refractivity contribution in [1.29, 1.82) is 0 Å². The molecular formula is C13H22N2O. The predicted octanol–water partition coefficient (Wildman–Crippen LogP) is 2.76. The summed E-state index contributed by atoms with van der Waals surface area (Å²) < 4.78 is 6.00. The van der Waals surface area contributed by atoms with Gasteiger partial charge in [-0.25, -0.2) is 0 Å². The number of rotatable bonds is 6. The van der Waals surface area contributed by atoms with E-state index >= 15 is 0 Å². The van der Waals surface area contributed by atoms with Crippen molar-refractivity contribution >= 4 is 0 Å². The summed E-state index contributed by atoms with van der Waals surface area (Å²) in [4.78, 5) is 4.13. The summed E-state index contributed by atoms with van der Waals surface area (Å²) >= 11 is 0. The first-order chi connectivity index (χ1) is 7.59. The Morgan fingerprint density at radius 2 is 2.12 bits per heavy atom. The molecule has 0 aliphatic heterocycles. The fourth-order valence-corrected chi connectivity index (χ4v) is 1.28. The Balaban J connectivity index is 2.78. The topological polar surface area (TPSA) is 34.2 Å². The fourth-order valence-electron chi connectivity index (χ4n) is 1.28. The van der Waals surface area contributed by atoms with E-state index in [1.165, 1.54) is 0 Å². The van der Waals surface area contributed by atoms with Gasteiger partial charge in [-0.15, -0.1) is 0 Å². The molecule has 1 N–H and O–H groups in total. The predicted molar refractivity (Wildman–Crippen MR) is 66.6 cm³/mol. The van der Waals surface area contributed by atoms with Gasteiger partial charge >= 0.3 is 0 Å². The largest absolute Gasteiger partial charge is 0.487 e. The van der Waals surface area contributed by atoms with Gasteiger partial charge in [0.25, 0.3) is 0 Å². The maximum atomic E-state index is 6.00. The molecule has 0 radical (unpaired) electrons.